The highest BCUT2D eigenvalue weighted by Gasteiger charge is 2.50. The second-order valence-electron chi connectivity index (χ2n) is 7.27. The second-order valence-corrected chi connectivity index (χ2v) is 7.27. The maximum absolute atomic E-state index is 11.9. The van der Waals surface area contributed by atoms with Gasteiger partial charge in [-0.1, -0.05) is 24.3 Å². The Balaban J connectivity index is 1.39. The summed E-state index contributed by atoms with van der Waals surface area (Å²) in [6.45, 7) is 4.36. The maximum atomic E-state index is 11.9. The fourth-order valence-electron chi connectivity index (χ4n) is 3.74. The number of benzene rings is 1. The Morgan fingerprint density at radius 1 is 1.33 bits per heavy atom. The number of aliphatic hydroxyl groups excluding tert-OH is 1. The smallest absolute Gasteiger partial charge is 0.222 e. The van der Waals surface area contributed by atoms with Crippen molar-refractivity contribution in [3.63, 3.8) is 0 Å². The third-order valence-electron chi connectivity index (χ3n) is 5.24. The van der Waals surface area contributed by atoms with Crippen LogP contribution in [0.1, 0.15) is 24.0 Å². The van der Waals surface area contributed by atoms with Gasteiger partial charge in [0.2, 0.25) is 5.91 Å². The number of nitrogens with one attached hydrogen (secondary N) is 2. The third kappa shape index (κ3) is 5.27. The Kier molecular flexibility index (Phi) is 7.20. The Bertz CT molecular complexity index is 626. The van der Waals surface area contributed by atoms with Crippen LogP contribution in [0.2, 0.25) is 0 Å². The Morgan fingerprint density at radius 3 is 2.89 bits per heavy atom. The van der Waals surface area contributed by atoms with E-state index in [-0.39, 0.29) is 36.7 Å². The van der Waals surface area contributed by atoms with E-state index in [1.54, 1.807) is 7.11 Å². The zero-order valence-corrected chi connectivity index (χ0v) is 16.0. The largest absolute Gasteiger partial charge is 0.388 e. The molecular formula is C20H30N2O5. The Hall–Kier alpha value is -1.51. The zero-order valence-electron chi connectivity index (χ0n) is 16.0. The fraction of sp³-hybridized carbons (Fsp3) is 0.650. The minimum absolute atomic E-state index is 0.0667. The molecule has 0 aliphatic carbocycles. The zero-order chi connectivity index (χ0) is 19.2. The van der Waals surface area contributed by atoms with Crippen molar-refractivity contribution in [1.29, 1.82) is 0 Å². The van der Waals surface area contributed by atoms with Gasteiger partial charge in [0.15, 0.2) is 0 Å². The quantitative estimate of drug-likeness (QED) is 0.543. The van der Waals surface area contributed by atoms with Crippen LogP contribution in [0.25, 0.3) is 0 Å². The summed E-state index contributed by atoms with van der Waals surface area (Å²) in [4.78, 5) is 11.9. The molecule has 27 heavy (non-hydrogen) atoms. The molecule has 2 saturated heterocycles. The lowest BCUT2D eigenvalue weighted by Gasteiger charge is -2.20. The van der Waals surface area contributed by atoms with Crippen LogP contribution in [-0.2, 0) is 25.5 Å². The van der Waals surface area contributed by atoms with Gasteiger partial charge in [-0.25, -0.2) is 0 Å². The Morgan fingerprint density at radius 2 is 2.15 bits per heavy atom. The summed E-state index contributed by atoms with van der Waals surface area (Å²) >= 11 is 0. The molecule has 2 heterocycles. The average Bonchev–Trinajstić information content (AvgIpc) is 3.16. The van der Waals surface area contributed by atoms with E-state index in [1.807, 2.05) is 12.1 Å². The van der Waals surface area contributed by atoms with Gasteiger partial charge in [0.25, 0.3) is 0 Å². The lowest BCUT2D eigenvalue weighted by molar-refractivity contribution is -0.124. The summed E-state index contributed by atoms with van der Waals surface area (Å²) in [6, 6.07) is 8.22. The highest BCUT2D eigenvalue weighted by Crippen LogP contribution is 2.35. The first-order chi connectivity index (χ1) is 13.1. The molecule has 7 heteroatoms. The van der Waals surface area contributed by atoms with E-state index in [1.165, 1.54) is 11.1 Å². The van der Waals surface area contributed by atoms with Crippen LogP contribution in [0.15, 0.2) is 24.3 Å². The summed E-state index contributed by atoms with van der Waals surface area (Å²) in [5, 5.41) is 16.7. The molecule has 2 aliphatic rings. The summed E-state index contributed by atoms with van der Waals surface area (Å²) < 4.78 is 16.8. The van der Waals surface area contributed by atoms with E-state index < -0.39 is 6.10 Å². The lowest BCUT2D eigenvalue weighted by Crippen LogP contribution is -2.39. The van der Waals surface area contributed by atoms with Crippen LogP contribution in [-0.4, -0.2) is 68.3 Å². The van der Waals surface area contributed by atoms with E-state index >= 15 is 0 Å². The standard InChI is InChI=1S/C20H30N2O5/c1-13-5-3-4-6-14(13)11-21-12-17-19(24)20-16(27-17)9-15(26-20)10-18(23)22-7-8-25-2/h3-6,15-17,19-21,24H,7-12H2,1-2H3,(H,22,23). The molecule has 3 rings (SSSR count). The maximum Gasteiger partial charge on any atom is 0.222 e. The van der Waals surface area contributed by atoms with Gasteiger partial charge in [-0.2, -0.15) is 0 Å². The third-order valence-corrected chi connectivity index (χ3v) is 5.24. The second kappa shape index (κ2) is 9.61. The number of amides is 1. The van der Waals surface area contributed by atoms with Gasteiger partial charge < -0.3 is 30.0 Å². The summed E-state index contributed by atoms with van der Waals surface area (Å²) in [5.74, 6) is -0.0667. The van der Waals surface area contributed by atoms with Crippen LogP contribution in [0, 0.1) is 6.92 Å². The molecule has 0 aromatic heterocycles. The van der Waals surface area contributed by atoms with Crippen LogP contribution in [0.4, 0.5) is 0 Å². The number of aliphatic hydroxyl groups is 1. The molecule has 5 atom stereocenters. The van der Waals surface area contributed by atoms with Crippen molar-refractivity contribution in [1.82, 2.24) is 10.6 Å². The molecule has 0 radical (unpaired) electrons. The molecule has 0 saturated carbocycles. The summed E-state index contributed by atoms with van der Waals surface area (Å²) in [7, 11) is 1.60. The van der Waals surface area contributed by atoms with Crippen molar-refractivity contribution < 1.29 is 24.1 Å². The number of hydrogen-bond acceptors (Lipinski definition) is 6. The predicted molar refractivity (Wildman–Crippen MR) is 100 cm³/mol. The van der Waals surface area contributed by atoms with E-state index in [0.29, 0.717) is 26.1 Å². The van der Waals surface area contributed by atoms with Crippen molar-refractivity contribution >= 4 is 5.91 Å². The molecule has 2 fully saturated rings. The molecule has 1 amide bonds. The number of carbonyl (C=O) groups excluding carboxylic acids is 1. The molecule has 3 N–H and O–H groups in total. The normalized spacial score (nSPS) is 29.7. The van der Waals surface area contributed by atoms with Crippen molar-refractivity contribution in [3.05, 3.63) is 35.4 Å². The van der Waals surface area contributed by atoms with Crippen LogP contribution in [0.3, 0.4) is 0 Å². The van der Waals surface area contributed by atoms with E-state index in [0.717, 1.165) is 6.54 Å². The van der Waals surface area contributed by atoms with Crippen molar-refractivity contribution in [2.24, 2.45) is 0 Å². The van der Waals surface area contributed by atoms with Crippen LogP contribution >= 0.6 is 0 Å². The van der Waals surface area contributed by atoms with Gasteiger partial charge in [0.05, 0.1) is 31.3 Å². The number of rotatable bonds is 9. The molecule has 5 unspecified atom stereocenters. The Labute approximate surface area is 160 Å². The first-order valence-corrected chi connectivity index (χ1v) is 9.58. The summed E-state index contributed by atoms with van der Waals surface area (Å²) in [5.41, 5.74) is 2.48. The molecule has 0 bridgehead atoms. The van der Waals surface area contributed by atoms with Crippen molar-refractivity contribution in [2.75, 3.05) is 26.8 Å². The monoisotopic (exact) mass is 378 g/mol. The molecule has 7 nitrogen and oxygen atoms in total. The SMILES string of the molecule is COCCNC(=O)CC1CC2OC(CNCc3ccccc3C)C(O)C2O1. The highest BCUT2D eigenvalue weighted by molar-refractivity contribution is 5.76. The molecule has 1 aromatic rings. The topological polar surface area (TPSA) is 89.1 Å². The first-order valence-electron chi connectivity index (χ1n) is 9.58. The van der Waals surface area contributed by atoms with Gasteiger partial charge in [0.1, 0.15) is 12.2 Å². The van der Waals surface area contributed by atoms with Gasteiger partial charge in [-0.05, 0) is 18.1 Å². The molecule has 0 spiro atoms. The molecular weight excluding hydrogens is 348 g/mol. The number of hydrogen-bond donors (Lipinski definition) is 3. The minimum Gasteiger partial charge on any atom is -0.388 e. The first kappa shape index (κ1) is 20.2. The molecule has 150 valence electrons. The van der Waals surface area contributed by atoms with E-state index in [2.05, 4.69) is 29.7 Å². The minimum atomic E-state index is -0.680. The number of fused-ring (bicyclic) bond motifs is 1. The van der Waals surface area contributed by atoms with E-state index in [9.17, 15) is 9.90 Å². The van der Waals surface area contributed by atoms with Gasteiger partial charge in [-0.15, -0.1) is 0 Å². The van der Waals surface area contributed by atoms with Crippen LogP contribution < -0.4 is 10.6 Å². The lowest BCUT2D eigenvalue weighted by atomic mass is 10.1. The number of carbonyl (C=O) groups is 1. The van der Waals surface area contributed by atoms with Crippen molar-refractivity contribution in [2.45, 2.75) is 56.8 Å². The van der Waals surface area contributed by atoms with Crippen molar-refractivity contribution in [3.8, 4) is 0 Å². The van der Waals surface area contributed by atoms with Crippen LogP contribution in [0.5, 0.6) is 0 Å². The van der Waals surface area contributed by atoms with Gasteiger partial charge in [0, 0.05) is 33.2 Å². The average molecular weight is 378 g/mol. The molecule has 1 aromatic carbocycles. The van der Waals surface area contributed by atoms with Gasteiger partial charge >= 0.3 is 0 Å². The number of ether oxygens (including phenoxy) is 3. The fourth-order valence-corrected chi connectivity index (χ4v) is 3.74. The summed E-state index contributed by atoms with van der Waals surface area (Å²) in [6.07, 6.45) is -0.773. The molecule has 2 aliphatic heterocycles. The predicted octanol–water partition coefficient (Wildman–Crippen LogP) is 0.523. The van der Waals surface area contributed by atoms with Gasteiger partial charge in [-0.3, -0.25) is 4.79 Å². The number of methoxy groups -OCH3 is 1. The highest BCUT2D eigenvalue weighted by atomic mass is 16.6. The number of aryl methyl sites for hydroxylation is 1. The van der Waals surface area contributed by atoms with E-state index in [4.69, 9.17) is 14.2 Å².